The second-order valence-corrected chi connectivity index (χ2v) is 10.1. The minimum absolute atomic E-state index is 0.0981. The minimum Gasteiger partial charge on any atom is -0.404 e. The van der Waals surface area contributed by atoms with E-state index < -0.39 is 42.5 Å². The van der Waals surface area contributed by atoms with Crippen molar-refractivity contribution in [1.82, 2.24) is 9.55 Å². The van der Waals surface area contributed by atoms with Crippen LogP contribution in [0.1, 0.15) is 5.56 Å². The molecule has 2 aliphatic rings. The van der Waals surface area contributed by atoms with E-state index in [1.54, 1.807) is 24.3 Å². The van der Waals surface area contributed by atoms with Crippen molar-refractivity contribution >= 4 is 43.6 Å². The normalized spacial score (nSPS) is 34.6. The van der Waals surface area contributed by atoms with Crippen LogP contribution in [0.2, 0.25) is 0 Å². The number of nitrogens with zero attached hydrogens (tertiary/aromatic N) is 1. The lowest BCUT2D eigenvalue weighted by Crippen LogP contribution is -2.60. The zero-order valence-corrected chi connectivity index (χ0v) is 19.1. The number of hydrogen-bond acceptors (Lipinski definition) is 9. The van der Waals surface area contributed by atoms with Crippen LogP contribution in [0.3, 0.4) is 0 Å². The number of aromatic nitrogens is 2. The molecule has 32 heavy (non-hydrogen) atoms. The first-order chi connectivity index (χ1) is 14.8. The predicted molar refractivity (Wildman–Crippen MR) is 120 cm³/mol. The fourth-order valence-corrected chi connectivity index (χ4v) is 5.63. The van der Waals surface area contributed by atoms with E-state index in [0.717, 1.165) is 10.6 Å². The topological polar surface area (TPSA) is 132 Å². The molecule has 0 spiro atoms. The van der Waals surface area contributed by atoms with E-state index in [2.05, 4.69) is 4.98 Å². The Morgan fingerprint density at radius 2 is 2.00 bits per heavy atom. The average molecular weight is 482 g/mol. The molecule has 16 heteroatoms. The molecule has 168 valence electrons. The zero-order chi connectivity index (χ0) is 23.5. The van der Waals surface area contributed by atoms with Gasteiger partial charge in [-0.1, -0.05) is 18.2 Å². The van der Waals surface area contributed by atoms with E-state index in [4.69, 9.17) is 30.5 Å². The minimum atomic E-state index is -4.33. The first kappa shape index (κ1) is 23.4. The molecular weight excluding hydrogens is 463 g/mol. The molecule has 1 fully saturated rings. The van der Waals surface area contributed by atoms with Crippen LogP contribution >= 0.6 is 20.0 Å². The molecule has 0 bridgehead atoms. The Labute approximate surface area is 189 Å². The summed E-state index contributed by atoms with van der Waals surface area (Å²) in [5.41, 5.74) is -1.82. The van der Waals surface area contributed by atoms with Crippen LogP contribution < -0.4 is 10.1 Å². The highest BCUT2D eigenvalue weighted by Crippen LogP contribution is 2.59. The fraction of sp³-hybridized carbons (Fsp3) is 0.375. The molecule has 1 saturated heterocycles. The van der Waals surface area contributed by atoms with Crippen LogP contribution in [0.5, 0.6) is 5.75 Å². The molecule has 10 nitrogen and oxygen atoms in total. The lowest BCUT2D eigenvalue weighted by Gasteiger charge is -2.41. The maximum Gasteiger partial charge on any atom is 0.529 e. The Morgan fingerprint density at radius 1 is 1.31 bits per heavy atom. The lowest BCUT2D eigenvalue weighted by atomic mass is 9.59. The van der Waals surface area contributed by atoms with E-state index in [9.17, 15) is 19.6 Å². The largest absolute Gasteiger partial charge is 0.529 e. The van der Waals surface area contributed by atoms with Crippen LogP contribution in [0.4, 0.5) is 4.39 Å². The molecule has 2 aromatic rings. The lowest BCUT2D eigenvalue weighted by molar-refractivity contribution is -0.240. The third-order valence-corrected chi connectivity index (χ3v) is 7.45. The van der Waals surface area contributed by atoms with E-state index in [0.29, 0.717) is 5.56 Å². The summed E-state index contributed by atoms with van der Waals surface area (Å²) >= 11 is 5.09. The van der Waals surface area contributed by atoms with Crippen molar-refractivity contribution in [2.75, 3.05) is 0 Å². The van der Waals surface area contributed by atoms with Crippen molar-refractivity contribution in [2.24, 2.45) is 0 Å². The zero-order valence-electron chi connectivity index (χ0n) is 17.4. The maximum absolute atomic E-state index is 16.2. The summed E-state index contributed by atoms with van der Waals surface area (Å²) < 4.78 is 51.9. The molecule has 1 aromatic heterocycles. The number of phosphoric acid groups is 1. The number of halogens is 1. The number of alkyl halides is 1. The second kappa shape index (κ2) is 7.66. The monoisotopic (exact) mass is 482 g/mol. The molecule has 5 atom stereocenters. The Morgan fingerprint density at radius 3 is 2.69 bits per heavy atom. The smallest absolute Gasteiger partial charge is 0.404 e. The third kappa shape index (κ3) is 3.62. The second-order valence-electron chi connectivity index (χ2n) is 8.19. The third-order valence-electron chi connectivity index (χ3n) is 5.61. The predicted octanol–water partition coefficient (Wildman–Crippen LogP) is -1.78. The van der Waals surface area contributed by atoms with Crippen LogP contribution in [0.25, 0.3) is 0 Å². The number of para-hydroxylation sites is 1. The van der Waals surface area contributed by atoms with Crippen LogP contribution in [0.15, 0.2) is 41.3 Å². The highest BCUT2D eigenvalue weighted by Gasteiger charge is 2.69. The molecule has 3 heterocycles. The Kier molecular flexibility index (Phi) is 5.61. The van der Waals surface area contributed by atoms with Gasteiger partial charge in [0.25, 0.3) is 11.4 Å². The van der Waals surface area contributed by atoms with Gasteiger partial charge in [0.15, 0.2) is 12.6 Å². The number of H-pyrrole nitrogens is 1. The van der Waals surface area contributed by atoms with Crippen LogP contribution in [-0.4, -0.2) is 66.8 Å². The molecule has 1 aromatic carbocycles. The van der Waals surface area contributed by atoms with E-state index in [-0.39, 0.29) is 17.1 Å². The van der Waals surface area contributed by atoms with Gasteiger partial charge in [-0.25, -0.2) is 8.96 Å². The highest BCUT2D eigenvalue weighted by molar-refractivity contribution is 7.71. The van der Waals surface area contributed by atoms with Gasteiger partial charge in [0.2, 0.25) is 0 Å². The Hall–Kier alpha value is -1.73. The standard InChI is InChI=1S/C16H19B3FN2O8PS/c17-15(22-6-5-10(23)21-13(22)32)12(25)11(24)14(20,29-15)16(18,19)30-31(26)27-7-8-3-1-2-4-9(8)28-31/h1-6,11-12,24-25H,7,17-19H2,(H,21,23,32)/t11-,12+,14-,15-,31?/m0/s1. The van der Waals surface area contributed by atoms with Gasteiger partial charge in [-0.3, -0.25) is 18.8 Å². The first-order valence-corrected chi connectivity index (χ1v) is 11.5. The SMILES string of the molecule is BC(B)(OP1(=O)OCc2ccccc2O1)[C@@]1(F)O[C@@](B)(n2ccc(=O)[nH]c2=S)[C@H](O)[C@@H]1O. The molecule has 4 rings (SSSR count). The van der Waals surface area contributed by atoms with Gasteiger partial charge in [0.1, 0.15) is 39.3 Å². The van der Waals surface area contributed by atoms with Gasteiger partial charge in [0, 0.05) is 17.8 Å². The van der Waals surface area contributed by atoms with Gasteiger partial charge < -0.3 is 24.0 Å². The summed E-state index contributed by atoms with van der Waals surface area (Å²) in [7, 11) is -0.701. The fourth-order valence-electron chi connectivity index (χ4n) is 3.75. The van der Waals surface area contributed by atoms with Crippen molar-refractivity contribution in [3.63, 3.8) is 0 Å². The highest BCUT2D eigenvalue weighted by atomic mass is 32.1. The van der Waals surface area contributed by atoms with Crippen LogP contribution in [-0.2, 0) is 30.6 Å². The number of rotatable bonds is 4. The van der Waals surface area contributed by atoms with Gasteiger partial charge >= 0.3 is 7.82 Å². The Bertz CT molecular complexity index is 1230. The summed E-state index contributed by atoms with van der Waals surface area (Å²) in [5, 5.41) is 19.2. The van der Waals surface area contributed by atoms with Gasteiger partial charge in [-0.05, 0) is 18.3 Å². The summed E-state index contributed by atoms with van der Waals surface area (Å²) in [6, 6.07) is 7.78. The van der Waals surface area contributed by atoms with Crippen molar-refractivity contribution in [1.29, 1.82) is 0 Å². The number of aromatic amines is 1. The maximum atomic E-state index is 16.2. The Balaban J connectivity index is 1.67. The molecular formula is C16H19B3FN2O8PS. The van der Waals surface area contributed by atoms with E-state index >= 15 is 4.39 Å². The summed E-state index contributed by atoms with van der Waals surface area (Å²) in [6.45, 7) is -0.0981. The summed E-state index contributed by atoms with van der Waals surface area (Å²) in [6.07, 6.45) is -2.80. The van der Waals surface area contributed by atoms with Crippen molar-refractivity contribution in [3.8, 4) is 5.75 Å². The summed E-state index contributed by atoms with van der Waals surface area (Å²) in [4.78, 5) is 13.8. The quantitative estimate of drug-likeness (QED) is 0.263. The number of aliphatic hydroxyl groups is 2. The number of benzene rings is 1. The van der Waals surface area contributed by atoms with Crippen molar-refractivity contribution < 1.29 is 37.5 Å². The molecule has 0 radical (unpaired) electrons. The van der Waals surface area contributed by atoms with Crippen molar-refractivity contribution in [3.05, 3.63) is 57.2 Å². The van der Waals surface area contributed by atoms with Gasteiger partial charge in [0.05, 0.1) is 12.0 Å². The molecule has 2 aliphatic heterocycles. The molecule has 3 N–H and O–H groups in total. The summed E-state index contributed by atoms with van der Waals surface area (Å²) in [5.74, 6) is -2.84. The van der Waals surface area contributed by atoms with Gasteiger partial charge in [-0.2, -0.15) is 0 Å². The number of aliphatic hydroxyl groups excluding tert-OH is 2. The van der Waals surface area contributed by atoms with E-state index in [1.165, 1.54) is 29.7 Å². The molecule has 1 unspecified atom stereocenters. The van der Waals surface area contributed by atoms with E-state index in [1.807, 2.05) is 0 Å². The molecule has 0 aliphatic carbocycles. The number of hydrogen-bond donors (Lipinski definition) is 3. The average Bonchev–Trinajstić information content (AvgIpc) is 2.89. The number of phosphoric ester groups is 1. The van der Waals surface area contributed by atoms with Gasteiger partial charge in [-0.15, -0.1) is 0 Å². The number of nitrogens with one attached hydrogen (secondary N) is 1. The number of ether oxygens (including phenoxy) is 1. The number of fused-ring (bicyclic) bond motifs is 1. The molecule has 0 amide bonds. The van der Waals surface area contributed by atoms with Crippen molar-refractivity contribution in [2.45, 2.75) is 35.7 Å². The molecule has 0 saturated carbocycles. The first-order valence-electron chi connectivity index (χ1n) is 9.62. The van der Waals surface area contributed by atoms with Crippen LogP contribution in [0, 0.1) is 4.77 Å².